The number of rotatable bonds is 4. The van der Waals surface area contributed by atoms with Crippen molar-refractivity contribution in [3.63, 3.8) is 0 Å². The molecule has 0 aromatic carbocycles. The van der Waals surface area contributed by atoms with Crippen LogP contribution in [0.15, 0.2) is 0 Å². The molecule has 0 radical (unpaired) electrons. The molecule has 1 aliphatic heterocycles. The van der Waals surface area contributed by atoms with Crippen molar-refractivity contribution in [1.82, 2.24) is 20.8 Å². The predicted molar refractivity (Wildman–Crippen MR) is 66.9 cm³/mol. The van der Waals surface area contributed by atoms with E-state index in [1.165, 1.54) is 0 Å². The smallest absolute Gasteiger partial charge is 0.237 e. The number of hydrogen-bond donors (Lipinski definition) is 2. The first-order valence-electron chi connectivity index (χ1n) is 6.00. The molecule has 1 saturated heterocycles. The molecule has 0 bridgehead atoms. The lowest BCUT2D eigenvalue weighted by Crippen LogP contribution is -2.39. The highest BCUT2D eigenvalue weighted by Gasteiger charge is 2.21. The summed E-state index contributed by atoms with van der Waals surface area (Å²) in [4.78, 5) is 11.7. The van der Waals surface area contributed by atoms with Crippen LogP contribution in [-0.2, 0) is 11.3 Å². The fourth-order valence-corrected chi connectivity index (χ4v) is 2.55. The molecule has 0 spiro atoms. The molecule has 2 heterocycles. The maximum absolute atomic E-state index is 11.7. The van der Waals surface area contributed by atoms with Crippen LogP contribution in [0.1, 0.15) is 42.6 Å². The minimum absolute atomic E-state index is 0.0208. The zero-order valence-corrected chi connectivity index (χ0v) is 11.0. The van der Waals surface area contributed by atoms with Crippen molar-refractivity contribution in [2.45, 2.75) is 45.2 Å². The number of carbonyl (C=O) groups excluding carboxylic acids is 1. The van der Waals surface area contributed by atoms with Gasteiger partial charge in [0.2, 0.25) is 5.91 Å². The quantitative estimate of drug-likeness (QED) is 0.842. The molecule has 1 atom stereocenters. The van der Waals surface area contributed by atoms with Crippen LogP contribution in [0.25, 0.3) is 0 Å². The topological polar surface area (TPSA) is 66.9 Å². The van der Waals surface area contributed by atoms with E-state index in [2.05, 4.69) is 34.7 Å². The van der Waals surface area contributed by atoms with E-state index in [-0.39, 0.29) is 11.9 Å². The number of nitrogens with one attached hydrogen (secondary N) is 2. The summed E-state index contributed by atoms with van der Waals surface area (Å²) in [5, 5.41) is 16.1. The average molecular weight is 254 g/mol. The second-order valence-electron chi connectivity index (χ2n) is 4.56. The number of nitrogens with zero attached hydrogens (tertiary/aromatic N) is 2. The van der Waals surface area contributed by atoms with Gasteiger partial charge in [0.25, 0.3) is 0 Å². The zero-order valence-electron chi connectivity index (χ0n) is 10.2. The molecule has 5 nitrogen and oxygen atoms in total. The van der Waals surface area contributed by atoms with Gasteiger partial charge in [0.05, 0.1) is 12.6 Å². The molecule has 1 aromatic heterocycles. The Hall–Kier alpha value is -1.01. The number of carbonyl (C=O) groups is 1. The van der Waals surface area contributed by atoms with Crippen molar-refractivity contribution >= 4 is 17.2 Å². The second kappa shape index (κ2) is 5.55. The van der Waals surface area contributed by atoms with Gasteiger partial charge in [-0.3, -0.25) is 4.79 Å². The molecular weight excluding hydrogens is 236 g/mol. The minimum atomic E-state index is -0.0208. The molecule has 17 heavy (non-hydrogen) atoms. The third kappa shape index (κ3) is 3.23. The van der Waals surface area contributed by atoms with Crippen LogP contribution in [-0.4, -0.2) is 28.7 Å². The summed E-state index contributed by atoms with van der Waals surface area (Å²) < 4.78 is 0. The molecule has 0 saturated carbocycles. The molecule has 1 aromatic rings. The third-order valence-corrected chi connectivity index (χ3v) is 3.99. The largest absolute Gasteiger partial charge is 0.348 e. The van der Waals surface area contributed by atoms with Gasteiger partial charge in [0.1, 0.15) is 10.0 Å². The maximum Gasteiger partial charge on any atom is 0.237 e. The summed E-state index contributed by atoms with van der Waals surface area (Å²) in [6, 6.07) is -0.0208. The molecule has 1 amide bonds. The van der Waals surface area contributed by atoms with Crippen LogP contribution in [0.3, 0.4) is 0 Å². The molecule has 2 rings (SSSR count). The van der Waals surface area contributed by atoms with Gasteiger partial charge >= 0.3 is 0 Å². The predicted octanol–water partition coefficient (Wildman–Crippen LogP) is 1.03. The summed E-state index contributed by atoms with van der Waals surface area (Å²) in [6.45, 7) is 5.60. The summed E-state index contributed by atoms with van der Waals surface area (Å²) >= 11 is 1.57. The van der Waals surface area contributed by atoms with E-state index in [0.29, 0.717) is 12.5 Å². The second-order valence-corrected chi connectivity index (χ2v) is 5.65. The number of aromatic nitrogens is 2. The van der Waals surface area contributed by atoms with Gasteiger partial charge in [-0.15, -0.1) is 10.2 Å². The van der Waals surface area contributed by atoms with E-state index < -0.39 is 0 Å². The molecular formula is C11H18N4OS. The lowest BCUT2D eigenvalue weighted by Gasteiger charge is -2.09. The van der Waals surface area contributed by atoms with Gasteiger partial charge in [-0.05, 0) is 19.4 Å². The van der Waals surface area contributed by atoms with Gasteiger partial charge in [-0.1, -0.05) is 25.2 Å². The van der Waals surface area contributed by atoms with Crippen molar-refractivity contribution in [3.05, 3.63) is 10.0 Å². The van der Waals surface area contributed by atoms with Crippen LogP contribution in [0.5, 0.6) is 0 Å². The van der Waals surface area contributed by atoms with Crippen LogP contribution < -0.4 is 10.6 Å². The standard InChI is InChI=1S/C11H18N4OS/c1-7(2)11-15-14-9(17-11)6-13-10(16)8-4-3-5-12-8/h7-8,12H,3-6H2,1-2H3,(H,13,16). The fourth-order valence-electron chi connectivity index (χ4n) is 1.77. The highest BCUT2D eigenvalue weighted by molar-refractivity contribution is 7.11. The molecule has 94 valence electrons. The van der Waals surface area contributed by atoms with Gasteiger partial charge in [0, 0.05) is 5.92 Å². The normalized spacial score (nSPS) is 19.8. The summed E-state index contributed by atoms with van der Waals surface area (Å²) in [7, 11) is 0. The van der Waals surface area contributed by atoms with Crippen LogP contribution in [0, 0.1) is 0 Å². The minimum Gasteiger partial charge on any atom is -0.348 e. The van der Waals surface area contributed by atoms with Crippen LogP contribution in [0.4, 0.5) is 0 Å². The summed E-state index contributed by atoms with van der Waals surface area (Å²) in [5.41, 5.74) is 0. The van der Waals surface area contributed by atoms with Gasteiger partial charge < -0.3 is 10.6 Å². The first-order chi connectivity index (χ1) is 8.16. The fraction of sp³-hybridized carbons (Fsp3) is 0.727. The van der Waals surface area contributed by atoms with Crippen molar-refractivity contribution in [1.29, 1.82) is 0 Å². The van der Waals surface area contributed by atoms with Crippen molar-refractivity contribution < 1.29 is 4.79 Å². The maximum atomic E-state index is 11.7. The molecule has 1 unspecified atom stereocenters. The zero-order chi connectivity index (χ0) is 12.3. The van der Waals surface area contributed by atoms with E-state index in [9.17, 15) is 4.79 Å². The Morgan fingerprint density at radius 1 is 1.59 bits per heavy atom. The lowest BCUT2D eigenvalue weighted by atomic mass is 10.2. The molecule has 1 aliphatic rings. The Bertz CT molecular complexity index is 385. The van der Waals surface area contributed by atoms with E-state index in [0.717, 1.165) is 29.4 Å². The number of amides is 1. The van der Waals surface area contributed by atoms with Crippen molar-refractivity contribution in [3.8, 4) is 0 Å². The van der Waals surface area contributed by atoms with Crippen LogP contribution >= 0.6 is 11.3 Å². The van der Waals surface area contributed by atoms with Crippen LogP contribution in [0.2, 0.25) is 0 Å². The molecule has 2 N–H and O–H groups in total. The summed E-state index contributed by atoms with van der Waals surface area (Å²) in [5.74, 6) is 0.470. The van der Waals surface area contributed by atoms with Gasteiger partial charge in [-0.2, -0.15) is 0 Å². The van der Waals surface area contributed by atoms with Crippen molar-refractivity contribution in [2.24, 2.45) is 0 Å². The lowest BCUT2D eigenvalue weighted by molar-refractivity contribution is -0.122. The summed E-state index contributed by atoms with van der Waals surface area (Å²) in [6.07, 6.45) is 2.01. The Kier molecular flexibility index (Phi) is 4.06. The Morgan fingerprint density at radius 3 is 3.00 bits per heavy atom. The highest BCUT2D eigenvalue weighted by atomic mass is 32.1. The SMILES string of the molecule is CC(C)c1nnc(CNC(=O)C2CCCN2)s1. The average Bonchev–Trinajstić information content (AvgIpc) is 2.97. The van der Waals surface area contributed by atoms with E-state index in [1.54, 1.807) is 11.3 Å². The van der Waals surface area contributed by atoms with Crippen molar-refractivity contribution in [2.75, 3.05) is 6.54 Å². The highest BCUT2D eigenvalue weighted by Crippen LogP contribution is 2.18. The first-order valence-corrected chi connectivity index (χ1v) is 6.82. The molecule has 0 aliphatic carbocycles. The Morgan fingerprint density at radius 2 is 2.41 bits per heavy atom. The van der Waals surface area contributed by atoms with Gasteiger partial charge in [-0.25, -0.2) is 0 Å². The molecule has 6 heteroatoms. The third-order valence-electron chi connectivity index (χ3n) is 2.77. The van der Waals surface area contributed by atoms with E-state index in [1.807, 2.05) is 0 Å². The van der Waals surface area contributed by atoms with E-state index >= 15 is 0 Å². The Balaban J connectivity index is 1.82. The first kappa shape index (κ1) is 12.4. The molecule has 1 fully saturated rings. The van der Waals surface area contributed by atoms with E-state index in [4.69, 9.17) is 0 Å². The number of hydrogen-bond acceptors (Lipinski definition) is 5. The Labute approximate surface area is 105 Å². The van der Waals surface area contributed by atoms with Gasteiger partial charge in [0.15, 0.2) is 0 Å². The monoisotopic (exact) mass is 254 g/mol.